The van der Waals surface area contributed by atoms with Gasteiger partial charge in [-0.1, -0.05) is 24.3 Å². The van der Waals surface area contributed by atoms with E-state index in [0.717, 1.165) is 16.9 Å². The predicted octanol–water partition coefficient (Wildman–Crippen LogP) is 2.78. The first kappa shape index (κ1) is 17.0. The fourth-order valence-electron chi connectivity index (χ4n) is 2.31. The molecule has 1 unspecified atom stereocenters. The highest BCUT2D eigenvalue weighted by atomic mass is 19.1. The van der Waals surface area contributed by atoms with Crippen LogP contribution in [0.15, 0.2) is 48.5 Å². The molecule has 0 fully saturated rings. The fourth-order valence-corrected chi connectivity index (χ4v) is 2.31. The average molecular weight is 316 g/mol. The number of amides is 1. The Kier molecular flexibility index (Phi) is 6.11. The number of carbonyl (C=O) groups excluding carboxylic acids is 1. The first-order chi connectivity index (χ1) is 11.1. The lowest BCUT2D eigenvalue weighted by atomic mass is 9.98. The summed E-state index contributed by atoms with van der Waals surface area (Å²) in [5.41, 5.74) is 7.16. The molecule has 122 valence electrons. The van der Waals surface area contributed by atoms with Crippen LogP contribution in [0.3, 0.4) is 0 Å². The Bertz CT molecular complexity index is 626. The quantitative estimate of drug-likeness (QED) is 0.825. The number of rotatable bonds is 7. The van der Waals surface area contributed by atoms with Gasteiger partial charge in [-0.3, -0.25) is 4.79 Å². The minimum absolute atomic E-state index is 0.0828. The first-order valence-corrected chi connectivity index (χ1v) is 7.53. The van der Waals surface area contributed by atoms with Gasteiger partial charge in [-0.2, -0.15) is 0 Å². The highest BCUT2D eigenvalue weighted by Crippen LogP contribution is 2.24. The van der Waals surface area contributed by atoms with E-state index < -0.39 is 0 Å². The number of hydrogen-bond acceptors (Lipinski definition) is 3. The summed E-state index contributed by atoms with van der Waals surface area (Å²) in [6.07, 6.45) is 0.995. The molecular formula is C18H21FN2O2. The van der Waals surface area contributed by atoms with E-state index >= 15 is 0 Å². The Morgan fingerprint density at radius 1 is 1.13 bits per heavy atom. The monoisotopic (exact) mass is 316 g/mol. The number of hydrogen-bond donors (Lipinski definition) is 2. The van der Waals surface area contributed by atoms with Gasteiger partial charge in [0.1, 0.15) is 11.6 Å². The molecule has 0 bridgehead atoms. The van der Waals surface area contributed by atoms with Crippen LogP contribution >= 0.6 is 0 Å². The van der Waals surface area contributed by atoms with Crippen molar-refractivity contribution < 1.29 is 13.9 Å². The summed E-state index contributed by atoms with van der Waals surface area (Å²) in [6, 6.07) is 13.2. The number of halogens is 1. The topological polar surface area (TPSA) is 64.3 Å². The van der Waals surface area contributed by atoms with Crippen molar-refractivity contribution in [2.45, 2.75) is 18.9 Å². The Morgan fingerprint density at radius 3 is 2.22 bits per heavy atom. The van der Waals surface area contributed by atoms with Crippen LogP contribution in [-0.4, -0.2) is 19.6 Å². The van der Waals surface area contributed by atoms with Crippen molar-refractivity contribution in [3.63, 3.8) is 0 Å². The zero-order valence-electron chi connectivity index (χ0n) is 13.1. The van der Waals surface area contributed by atoms with Crippen LogP contribution in [0.5, 0.6) is 5.75 Å². The molecule has 23 heavy (non-hydrogen) atoms. The van der Waals surface area contributed by atoms with Gasteiger partial charge in [0.25, 0.3) is 0 Å². The smallest absolute Gasteiger partial charge is 0.220 e. The number of nitrogens with one attached hydrogen (secondary N) is 1. The molecule has 0 aromatic heterocycles. The van der Waals surface area contributed by atoms with Crippen molar-refractivity contribution in [2.75, 3.05) is 13.7 Å². The average Bonchev–Trinajstić information content (AvgIpc) is 2.59. The second kappa shape index (κ2) is 8.29. The SMILES string of the molecule is COc1ccc(C(NC(=O)CCCN)c2ccc(F)cc2)cc1. The molecule has 2 rings (SSSR count). The molecule has 0 saturated heterocycles. The van der Waals surface area contributed by atoms with E-state index in [1.165, 1.54) is 12.1 Å². The third-order valence-corrected chi connectivity index (χ3v) is 3.57. The first-order valence-electron chi connectivity index (χ1n) is 7.53. The maximum atomic E-state index is 13.2. The van der Waals surface area contributed by atoms with Gasteiger partial charge in [-0.25, -0.2) is 4.39 Å². The largest absolute Gasteiger partial charge is 0.497 e. The van der Waals surface area contributed by atoms with Crippen LogP contribution < -0.4 is 15.8 Å². The maximum absolute atomic E-state index is 13.2. The summed E-state index contributed by atoms with van der Waals surface area (Å²) in [5.74, 6) is 0.346. The highest BCUT2D eigenvalue weighted by Gasteiger charge is 2.17. The van der Waals surface area contributed by atoms with Crippen LogP contribution in [0.4, 0.5) is 4.39 Å². The predicted molar refractivity (Wildman–Crippen MR) is 87.7 cm³/mol. The number of methoxy groups -OCH3 is 1. The van der Waals surface area contributed by atoms with Crippen molar-refractivity contribution in [3.8, 4) is 5.75 Å². The second-order valence-corrected chi connectivity index (χ2v) is 5.22. The molecule has 1 amide bonds. The Labute approximate surface area is 135 Å². The standard InChI is InChI=1S/C18H21FN2O2/c1-23-16-10-6-14(7-11-16)18(21-17(22)3-2-12-20)13-4-8-15(19)9-5-13/h4-11,18H,2-3,12,20H2,1H3,(H,21,22). The third-order valence-electron chi connectivity index (χ3n) is 3.57. The Balaban J connectivity index is 2.26. The van der Waals surface area contributed by atoms with Crippen molar-refractivity contribution >= 4 is 5.91 Å². The lowest BCUT2D eigenvalue weighted by Gasteiger charge is -2.20. The molecule has 0 spiro atoms. The van der Waals surface area contributed by atoms with Gasteiger partial charge in [0.15, 0.2) is 0 Å². The molecule has 4 nitrogen and oxygen atoms in total. The number of ether oxygens (including phenoxy) is 1. The van der Waals surface area contributed by atoms with Crippen LogP contribution in [0.1, 0.15) is 30.0 Å². The van der Waals surface area contributed by atoms with Crippen molar-refractivity contribution in [1.82, 2.24) is 5.32 Å². The number of benzene rings is 2. The molecule has 5 heteroatoms. The minimum Gasteiger partial charge on any atom is -0.497 e. The van der Waals surface area contributed by atoms with Crippen LogP contribution in [0, 0.1) is 5.82 Å². The van der Waals surface area contributed by atoms with Crippen LogP contribution in [-0.2, 0) is 4.79 Å². The van der Waals surface area contributed by atoms with Gasteiger partial charge >= 0.3 is 0 Å². The number of carbonyl (C=O) groups is 1. The Morgan fingerprint density at radius 2 is 1.70 bits per heavy atom. The molecule has 2 aromatic carbocycles. The van der Waals surface area contributed by atoms with Crippen LogP contribution in [0.2, 0.25) is 0 Å². The summed E-state index contributed by atoms with van der Waals surface area (Å²) < 4.78 is 18.3. The van der Waals surface area contributed by atoms with Crippen molar-refractivity contribution in [3.05, 3.63) is 65.5 Å². The molecule has 0 heterocycles. The van der Waals surface area contributed by atoms with Gasteiger partial charge < -0.3 is 15.8 Å². The Hall–Kier alpha value is -2.40. The van der Waals surface area contributed by atoms with Crippen molar-refractivity contribution in [1.29, 1.82) is 0 Å². The fraction of sp³-hybridized carbons (Fsp3) is 0.278. The van der Waals surface area contributed by atoms with E-state index in [9.17, 15) is 9.18 Å². The molecule has 2 aromatic rings. The van der Waals surface area contributed by atoms with Gasteiger partial charge in [-0.15, -0.1) is 0 Å². The van der Waals surface area contributed by atoms with Gasteiger partial charge in [0, 0.05) is 6.42 Å². The lowest BCUT2D eigenvalue weighted by Crippen LogP contribution is -2.29. The molecule has 0 aliphatic carbocycles. The van der Waals surface area contributed by atoms with E-state index in [1.54, 1.807) is 19.2 Å². The second-order valence-electron chi connectivity index (χ2n) is 5.22. The van der Waals surface area contributed by atoms with E-state index in [1.807, 2.05) is 24.3 Å². The van der Waals surface area contributed by atoms with Crippen molar-refractivity contribution in [2.24, 2.45) is 5.73 Å². The van der Waals surface area contributed by atoms with E-state index in [4.69, 9.17) is 10.5 Å². The van der Waals surface area contributed by atoms with Gasteiger partial charge in [0.05, 0.1) is 13.2 Å². The lowest BCUT2D eigenvalue weighted by molar-refractivity contribution is -0.121. The molecule has 0 radical (unpaired) electrons. The summed E-state index contributed by atoms with van der Waals surface area (Å²) >= 11 is 0. The maximum Gasteiger partial charge on any atom is 0.220 e. The normalized spacial score (nSPS) is 11.8. The zero-order valence-corrected chi connectivity index (χ0v) is 13.1. The summed E-state index contributed by atoms with van der Waals surface area (Å²) in [6.45, 7) is 0.469. The zero-order chi connectivity index (χ0) is 16.7. The third kappa shape index (κ3) is 4.79. The van der Waals surface area contributed by atoms with Crippen LogP contribution in [0.25, 0.3) is 0 Å². The minimum atomic E-state index is -0.341. The van der Waals surface area contributed by atoms with E-state index in [2.05, 4.69) is 5.32 Å². The van der Waals surface area contributed by atoms with Gasteiger partial charge in [0.2, 0.25) is 5.91 Å². The number of nitrogens with two attached hydrogens (primary N) is 1. The molecule has 0 aliphatic rings. The summed E-state index contributed by atoms with van der Waals surface area (Å²) in [7, 11) is 1.60. The van der Waals surface area contributed by atoms with E-state index in [-0.39, 0.29) is 17.8 Å². The molecule has 3 N–H and O–H groups in total. The molecular weight excluding hydrogens is 295 g/mol. The van der Waals surface area contributed by atoms with Gasteiger partial charge in [-0.05, 0) is 48.4 Å². The summed E-state index contributed by atoms with van der Waals surface area (Å²) in [5, 5.41) is 2.98. The summed E-state index contributed by atoms with van der Waals surface area (Å²) in [4.78, 5) is 12.1. The van der Waals surface area contributed by atoms with E-state index in [0.29, 0.717) is 19.4 Å². The molecule has 0 aliphatic heterocycles. The molecule has 0 saturated carbocycles. The molecule has 1 atom stereocenters. The highest BCUT2D eigenvalue weighted by molar-refractivity contribution is 5.77.